The topological polar surface area (TPSA) is 46.2 Å². The number of aldehydes is 1. The van der Waals surface area contributed by atoms with Crippen molar-refractivity contribution < 1.29 is 14.0 Å². The molecule has 1 N–H and O–H groups in total. The Balaban J connectivity index is 2.06. The van der Waals surface area contributed by atoms with Gasteiger partial charge >= 0.3 is 0 Å². The van der Waals surface area contributed by atoms with Crippen LogP contribution in [0.15, 0.2) is 48.5 Å². The van der Waals surface area contributed by atoms with Gasteiger partial charge in [-0.2, -0.15) is 0 Å². The zero-order chi connectivity index (χ0) is 14.5. The maximum atomic E-state index is 12.8. The molecular weight excluding hydrogens is 257 g/mol. The smallest absolute Gasteiger partial charge is 0.251 e. The van der Waals surface area contributed by atoms with Crippen molar-refractivity contribution in [2.24, 2.45) is 0 Å². The fourth-order valence-electron chi connectivity index (χ4n) is 1.83. The van der Waals surface area contributed by atoms with E-state index in [1.807, 2.05) is 6.92 Å². The second-order valence-electron chi connectivity index (χ2n) is 4.49. The molecule has 0 spiro atoms. The summed E-state index contributed by atoms with van der Waals surface area (Å²) in [6.45, 7) is 1.82. The van der Waals surface area contributed by atoms with Crippen LogP contribution in [0.2, 0.25) is 0 Å². The van der Waals surface area contributed by atoms with E-state index in [4.69, 9.17) is 0 Å². The Labute approximate surface area is 116 Å². The van der Waals surface area contributed by atoms with Crippen LogP contribution in [0.4, 0.5) is 4.39 Å². The molecular formula is C16H14FNO2. The minimum absolute atomic E-state index is 0.228. The van der Waals surface area contributed by atoms with Crippen molar-refractivity contribution >= 4 is 12.2 Å². The normalized spacial score (nSPS) is 11.7. The van der Waals surface area contributed by atoms with E-state index in [9.17, 15) is 14.0 Å². The maximum Gasteiger partial charge on any atom is 0.251 e. The van der Waals surface area contributed by atoms with Crippen LogP contribution in [0.3, 0.4) is 0 Å². The van der Waals surface area contributed by atoms with Gasteiger partial charge in [-0.1, -0.05) is 24.3 Å². The largest absolute Gasteiger partial charge is 0.346 e. The summed E-state index contributed by atoms with van der Waals surface area (Å²) >= 11 is 0. The van der Waals surface area contributed by atoms with Crippen LogP contribution in [0, 0.1) is 5.82 Å². The molecule has 1 unspecified atom stereocenters. The molecule has 0 heterocycles. The number of nitrogens with one attached hydrogen (secondary N) is 1. The highest BCUT2D eigenvalue weighted by Crippen LogP contribution is 2.14. The molecule has 0 bridgehead atoms. The molecule has 1 amide bonds. The van der Waals surface area contributed by atoms with Crippen LogP contribution >= 0.6 is 0 Å². The van der Waals surface area contributed by atoms with Crippen molar-refractivity contribution in [3.63, 3.8) is 0 Å². The fraction of sp³-hybridized carbons (Fsp3) is 0.125. The number of hydrogen-bond acceptors (Lipinski definition) is 2. The van der Waals surface area contributed by atoms with Gasteiger partial charge in [0.15, 0.2) is 0 Å². The third kappa shape index (κ3) is 3.29. The molecule has 0 aliphatic rings. The fourth-order valence-corrected chi connectivity index (χ4v) is 1.83. The molecule has 0 saturated carbocycles. The minimum atomic E-state index is -0.309. The first-order chi connectivity index (χ1) is 9.60. The first kappa shape index (κ1) is 13.9. The summed E-state index contributed by atoms with van der Waals surface area (Å²) in [6, 6.07) is 12.1. The maximum absolute atomic E-state index is 12.8. The van der Waals surface area contributed by atoms with Gasteiger partial charge in [-0.15, -0.1) is 0 Å². The summed E-state index contributed by atoms with van der Waals surface area (Å²) in [5.74, 6) is -0.545. The second-order valence-corrected chi connectivity index (χ2v) is 4.49. The SMILES string of the molecule is CC(NC(=O)c1ccc(C=O)cc1)c1ccc(F)cc1. The van der Waals surface area contributed by atoms with Gasteiger partial charge in [0.05, 0.1) is 6.04 Å². The van der Waals surface area contributed by atoms with Gasteiger partial charge in [0.1, 0.15) is 12.1 Å². The molecule has 4 heteroatoms. The molecule has 2 aromatic carbocycles. The van der Waals surface area contributed by atoms with E-state index in [0.29, 0.717) is 11.1 Å². The van der Waals surface area contributed by atoms with E-state index in [-0.39, 0.29) is 17.8 Å². The van der Waals surface area contributed by atoms with Gasteiger partial charge in [0, 0.05) is 11.1 Å². The molecule has 0 fully saturated rings. The van der Waals surface area contributed by atoms with Crippen molar-refractivity contribution in [3.8, 4) is 0 Å². The monoisotopic (exact) mass is 271 g/mol. The summed E-state index contributed by atoms with van der Waals surface area (Å²) in [5, 5.41) is 2.82. The highest BCUT2D eigenvalue weighted by Gasteiger charge is 2.11. The first-order valence-electron chi connectivity index (χ1n) is 6.21. The van der Waals surface area contributed by atoms with Gasteiger partial charge in [-0.3, -0.25) is 9.59 Å². The molecule has 0 aromatic heterocycles. The molecule has 3 nitrogen and oxygen atoms in total. The van der Waals surface area contributed by atoms with Crippen LogP contribution in [0.25, 0.3) is 0 Å². The molecule has 2 rings (SSSR count). The van der Waals surface area contributed by atoms with Crippen molar-refractivity contribution in [2.75, 3.05) is 0 Å². The van der Waals surface area contributed by atoms with E-state index in [2.05, 4.69) is 5.32 Å². The number of benzene rings is 2. The molecule has 1 atom stereocenters. The predicted molar refractivity (Wildman–Crippen MR) is 74.1 cm³/mol. The lowest BCUT2D eigenvalue weighted by molar-refractivity contribution is 0.0939. The summed E-state index contributed by atoms with van der Waals surface area (Å²) < 4.78 is 12.8. The second kappa shape index (κ2) is 6.10. The lowest BCUT2D eigenvalue weighted by atomic mass is 10.1. The average Bonchev–Trinajstić information content (AvgIpc) is 2.48. The van der Waals surface area contributed by atoms with Crippen LogP contribution in [-0.4, -0.2) is 12.2 Å². The zero-order valence-electron chi connectivity index (χ0n) is 11.0. The van der Waals surface area contributed by atoms with Crippen LogP contribution in [-0.2, 0) is 0 Å². The Morgan fingerprint density at radius 3 is 2.25 bits per heavy atom. The van der Waals surface area contributed by atoms with Crippen molar-refractivity contribution in [3.05, 3.63) is 71.0 Å². The van der Waals surface area contributed by atoms with E-state index < -0.39 is 0 Å². The van der Waals surface area contributed by atoms with Crippen molar-refractivity contribution in [1.82, 2.24) is 5.32 Å². The van der Waals surface area contributed by atoms with E-state index >= 15 is 0 Å². The van der Waals surface area contributed by atoms with Crippen LogP contribution in [0.1, 0.15) is 39.2 Å². The Bertz CT molecular complexity index is 605. The van der Waals surface area contributed by atoms with E-state index in [1.165, 1.54) is 12.1 Å². The third-order valence-electron chi connectivity index (χ3n) is 3.03. The molecule has 0 radical (unpaired) electrons. The van der Waals surface area contributed by atoms with Crippen LogP contribution in [0.5, 0.6) is 0 Å². The number of hydrogen-bond donors (Lipinski definition) is 1. The van der Waals surface area contributed by atoms with Crippen LogP contribution < -0.4 is 5.32 Å². The van der Waals surface area contributed by atoms with Gasteiger partial charge in [-0.05, 0) is 36.8 Å². The van der Waals surface area contributed by atoms with Crippen molar-refractivity contribution in [2.45, 2.75) is 13.0 Å². The van der Waals surface area contributed by atoms with Gasteiger partial charge in [0.2, 0.25) is 0 Å². The van der Waals surface area contributed by atoms with Gasteiger partial charge < -0.3 is 5.32 Å². The minimum Gasteiger partial charge on any atom is -0.346 e. The lowest BCUT2D eigenvalue weighted by Gasteiger charge is -2.14. The summed E-state index contributed by atoms with van der Waals surface area (Å²) in [4.78, 5) is 22.6. The molecule has 20 heavy (non-hydrogen) atoms. The molecule has 102 valence electrons. The molecule has 0 saturated heterocycles. The zero-order valence-corrected chi connectivity index (χ0v) is 11.0. The number of amides is 1. The highest BCUT2D eigenvalue weighted by molar-refractivity contribution is 5.95. The highest BCUT2D eigenvalue weighted by atomic mass is 19.1. The summed E-state index contributed by atoms with van der Waals surface area (Å²) in [7, 11) is 0. The van der Waals surface area contributed by atoms with Crippen molar-refractivity contribution in [1.29, 1.82) is 0 Å². The van der Waals surface area contributed by atoms with Gasteiger partial charge in [-0.25, -0.2) is 4.39 Å². The van der Waals surface area contributed by atoms with Gasteiger partial charge in [0.25, 0.3) is 5.91 Å². The Hall–Kier alpha value is -2.49. The number of rotatable bonds is 4. The Morgan fingerprint density at radius 1 is 1.10 bits per heavy atom. The Kier molecular flexibility index (Phi) is 4.25. The molecule has 0 aliphatic heterocycles. The first-order valence-corrected chi connectivity index (χ1v) is 6.21. The molecule has 2 aromatic rings. The predicted octanol–water partition coefficient (Wildman–Crippen LogP) is 3.13. The number of carbonyl (C=O) groups excluding carboxylic acids is 2. The average molecular weight is 271 g/mol. The summed E-state index contributed by atoms with van der Waals surface area (Å²) in [6.07, 6.45) is 0.725. The number of halogens is 1. The molecule has 0 aliphatic carbocycles. The third-order valence-corrected chi connectivity index (χ3v) is 3.03. The quantitative estimate of drug-likeness (QED) is 0.868. The Morgan fingerprint density at radius 2 is 1.70 bits per heavy atom. The summed E-state index contributed by atoms with van der Waals surface area (Å²) in [5.41, 5.74) is 1.82. The van der Waals surface area contributed by atoms with E-state index in [1.54, 1.807) is 36.4 Å². The lowest BCUT2D eigenvalue weighted by Crippen LogP contribution is -2.26. The standard InChI is InChI=1S/C16H14FNO2/c1-11(13-6-8-15(17)9-7-13)18-16(20)14-4-2-12(10-19)3-5-14/h2-11H,1H3,(H,18,20). The van der Waals surface area contributed by atoms with E-state index in [0.717, 1.165) is 11.8 Å². The number of carbonyl (C=O) groups is 2.